The van der Waals surface area contributed by atoms with Crippen LogP contribution >= 0.6 is 0 Å². The van der Waals surface area contributed by atoms with Crippen molar-refractivity contribution in [2.75, 3.05) is 0 Å². The van der Waals surface area contributed by atoms with Gasteiger partial charge in [0.25, 0.3) is 0 Å². The van der Waals surface area contributed by atoms with Gasteiger partial charge in [-0.15, -0.1) is 0 Å². The normalized spacial score (nSPS) is 11.5. The molecule has 0 heterocycles. The van der Waals surface area contributed by atoms with Gasteiger partial charge >= 0.3 is 0 Å². The Balaban J connectivity index is 2.86. The van der Waals surface area contributed by atoms with Crippen molar-refractivity contribution in [2.24, 2.45) is 0 Å². The number of carbonyl (C=O) groups excluding carboxylic acids is 1. The Morgan fingerprint density at radius 3 is 2.20 bits per heavy atom. The third-order valence-corrected chi connectivity index (χ3v) is 2.39. The molecule has 0 unspecified atom stereocenters. The van der Waals surface area contributed by atoms with Crippen molar-refractivity contribution in [1.82, 2.24) is 0 Å². The van der Waals surface area contributed by atoms with E-state index < -0.39 is 5.60 Å². The molecule has 1 aromatic rings. The number of benzene rings is 1. The van der Waals surface area contributed by atoms with Crippen molar-refractivity contribution >= 4 is 5.78 Å². The van der Waals surface area contributed by atoms with Crippen LogP contribution in [-0.4, -0.2) is 10.9 Å². The Morgan fingerprint density at radius 2 is 1.80 bits per heavy atom. The lowest BCUT2D eigenvalue weighted by Gasteiger charge is -2.17. The molecular formula is C13H18O2. The standard InChI is InChI=1S/C13H18O2/c1-4-5-12(14)10-6-8-11(9-7-10)13(2,3)15/h6-9,15H,4-5H2,1-3H3. The number of Topliss-reactive ketones (excluding diaryl/α,β-unsaturated/α-hetero) is 1. The van der Waals surface area contributed by atoms with Gasteiger partial charge < -0.3 is 5.11 Å². The average molecular weight is 206 g/mol. The topological polar surface area (TPSA) is 37.3 Å². The molecule has 1 N–H and O–H groups in total. The van der Waals surface area contributed by atoms with E-state index in [2.05, 4.69) is 0 Å². The monoisotopic (exact) mass is 206 g/mol. The molecule has 0 spiro atoms. The highest BCUT2D eigenvalue weighted by atomic mass is 16.3. The van der Waals surface area contributed by atoms with Crippen molar-refractivity contribution in [3.63, 3.8) is 0 Å². The fourth-order valence-electron chi connectivity index (χ4n) is 1.44. The summed E-state index contributed by atoms with van der Waals surface area (Å²) >= 11 is 0. The van der Waals surface area contributed by atoms with Crippen LogP contribution in [0.15, 0.2) is 24.3 Å². The molecule has 2 heteroatoms. The maximum atomic E-state index is 11.5. The van der Waals surface area contributed by atoms with Gasteiger partial charge in [0.15, 0.2) is 5.78 Å². The molecule has 0 aromatic heterocycles. The number of aliphatic hydroxyl groups is 1. The molecule has 1 rings (SSSR count). The van der Waals surface area contributed by atoms with Gasteiger partial charge in [-0.1, -0.05) is 31.2 Å². The van der Waals surface area contributed by atoms with Crippen LogP contribution in [0.1, 0.15) is 49.5 Å². The van der Waals surface area contributed by atoms with Crippen molar-refractivity contribution in [2.45, 2.75) is 39.2 Å². The van der Waals surface area contributed by atoms with E-state index in [1.54, 1.807) is 26.0 Å². The molecule has 0 aliphatic rings. The number of hydrogen-bond donors (Lipinski definition) is 1. The lowest BCUT2D eigenvalue weighted by atomic mass is 9.96. The first-order valence-corrected chi connectivity index (χ1v) is 5.31. The van der Waals surface area contributed by atoms with E-state index >= 15 is 0 Å². The molecule has 0 atom stereocenters. The van der Waals surface area contributed by atoms with E-state index in [0.29, 0.717) is 6.42 Å². The summed E-state index contributed by atoms with van der Waals surface area (Å²) in [6.45, 7) is 5.45. The number of rotatable bonds is 4. The van der Waals surface area contributed by atoms with Gasteiger partial charge in [-0.25, -0.2) is 0 Å². The molecule has 82 valence electrons. The maximum Gasteiger partial charge on any atom is 0.162 e. The van der Waals surface area contributed by atoms with Crippen LogP contribution in [0.25, 0.3) is 0 Å². The molecule has 15 heavy (non-hydrogen) atoms. The quantitative estimate of drug-likeness (QED) is 0.769. The largest absolute Gasteiger partial charge is 0.386 e. The van der Waals surface area contributed by atoms with Gasteiger partial charge in [-0.2, -0.15) is 0 Å². The first-order valence-electron chi connectivity index (χ1n) is 5.31. The lowest BCUT2D eigenvalue weighted by Crippen LogP contribution is -2.15. The Bertz CT molecular complexity index is 331. The first-order chi connectivity index (χ1) is 6.95. The highest BCUT2D eigenvalue weighted by molar-refractivity contribution is 5.96. The molecule has 0 saturated heterocycles. The summed E-state index contributed by atoms with van der Waals surface area (Å²) in [5.41, 5.74) is 0.715. The van der Waals surface area contributed by atoms with Crippen LogP contribution in [0.5, 0.6) is 0 Å². The van der Waals surface area contributed by atoms with Crippen LogP contribution in [0.2, 0.25) is 0 Å². The van der Waals surface area contributed by atoms with Gasteiger partial charge in [-0.05, 0) is 25.8 Å². The van der Waals surface area contributed by atoms with Crippen LogP contribution in [0.3, 0.4) is 0 Å². The molecule has 0 fully saturated rings. The highest BCUT2D eigenvalue weighted by Crippen LogP contribution is 2.20. The van der Waals surface area contributed by atoms with Crippen molar-refractivity contribution in [3.8, 4) is 0 Å². The Morgan fingerprint density at radius 1 is 1.27 bits per heavy atom. The molecule has 0 radical (unpaired) electrons. The van der Waals surface area contributed by atoms with Gasteiger partial charge in [0, 0.05) is 12.0 Å². The third-order valence-electron chi connectivity index (χ3n) is 2.39. The molecule has 0 amide bonds. The second kappa shape index (κ2) is 4.58. The molecule has 0 aliphatic heterocycles. The van der Waals surface area contributed by atoms with Crippen molar-refractivity contribution in [3.05, 3.63) is 35.4 Å². The SMILES string of the molecule is CCCC(=O)c1ccc(C(C)(C)O)cc1. The summed E-state index contributed by atoms with van der Waals surface area (Å²) in [6.07, 6.45) is 1.45. The lowest BCUT2D eigenvalue weighted by molar-refractivity contribution is 0.0784. The highest BCUT2D eigenvalue weighted by Gasteiger charge is 2.15. The van der Waals surface area contributed by atoms with E-state index in [0.717, 1.165) is 17.5 Å². The van der Waals surface area contributed by atoms with Crippen LogP contribution in [0.4, 0.5) is 0 Å². The van der Waals surface area contributed by atoms with Crippen LogP contribution in [-0.2, 0) is 5.60 Å². The molecule has 1 aromatic carbocycles. The van der Waals surface area contributed by atoms with E-state index in [9.17, 15) is 9.90 Å². The Kier molecular flexibility index (Phi) is 3.64. The van der Waals surface area contributed by atoms with Crippen LogP contribution < -0.4 is 0 Å². The zero-order valence-corrected chi connectivity index (χ0v) is 9.58. The minimum atomic E-state index is -0.841. The summed E-state index contributed by atoms with van der Waals surface area (Å²) < 4.78 is 0. The molecule has 0 aliphatic carbocycles. The van der Waals surface area contributed by atoms with Crippen molar-refractivity contribution in [1.29, 1.82) is 0 Å². The molecular weight excluding hydrogens is 188 g/mol. The summed E-state index contributed by atoms with van der Waals surface area (Å²) in [5.74, 6) is 0.166. The second-order valence-electron chi connectivity index (χ2n) is 4.31. The van der Waals surface area contributed by atoms with E-state index in [-0.39, 0.29) is 5.78 Å². The summed E-state index contributed by atoms with van der Waals surface area (Å²) in [6, 6.07) is 7.18. The van der Waals surface area contributed by atoms with E-state index in [1.807, 2.05) is 19.1 Å². The summed E-state index contributed by atoms with van der Waals surface area (Å²) in [5, 5.41) is 9.74. The molecule has 0 bridgehead atoms. The fourth-order valence-corrected chi connectivity index (χ4v) is 1.44. The minimum Gasteiger partial charge on any atom is -0.386 e. The Hall–Kier alpha value is -1.15. The summed E-state index contributed by atoms with van der Waals surface area (Å²) in [4.78, 5) is 11.5. The maximum absolute atomic E-state index is 11.5. The number of carbonyl (C=O) groups is 1. The fraction of sp³-hybridized carbons (Fsp3) is 0.462. The second-order valence-corrected chi connectivity index (χ2v) is 4.31. The van der Waals surface area contributed by atoms with Crippen LogP contribution in [0, 0.1) is 0 Å². The van der Waals surface area contributed by atoms with E-state index in [4.69, 9.17) is 0 Å². The smallest absolute Gasteiger partial charge is 0.162 e. The van der Waals surface area contributed by atoms with E-state index in [1.165, 1.54) is 0 Å². The third kappa shape index (κ3) is 3.17. The van der Waals surface area contributed by atoms with Crippen molar-refractivity contribution < 1.29 is 9.90 Å². The van der Waals surface area contributed by atoms with Gasteiger partial charge in [0.1, 0.15) is 0 Å². The van der Waals surface area contributed by atoms with Gasteiger partial charge in [0.2, 0.25) is 0 Å². The molecule has 0 saturated carbocycles. The zero-order valence-electron chi connectivity index (χ0n) is 9.58. The number of hydrogen-bond acceptors (Lipinski definition) is 2. The average Bonchev–Trinajstić information content (AvgIpc) is 2.17. The van der Waals surface area contributed by atoms with Gasteiger partial charge in [0.05, 0.1) is 5.60 Å². The first kappa shape index (κ1) is 11.9. The summed E-state index contributed by atoms with van der Waals surface area (Å²) in [7, 11) is 0. The van der Waals surface area contributed by atoms with Gasteiger partial charge in [-0.3, -0.25) is 4.79 Å². The number of ketones is 1. The zero-order chi connectivity index (χ0) is 11.5. The predicted molar refractivity (Wildman–Crippen MR) is 60.9 cm³/mol. The minimum absolute atomic E-state index is 0.166. The predicted octanol–water partition coefficient (Wildman–Crippen LogP) is 2.90. The molecule has 2 nitrogen and oxygen atoms in total. The Labute approximate surface area is 90.9 Å².